The van der Waals surface area contributed by atoms with Gasteiger partial charge in [0.25, 0.3) is 0 Å². The van der Waals surface area contributed by atoms with Gasteiger partial charge >= 0.3 is 0 Å². The molecule has 302 valence electrons. The van der Waals surface area contributed by atoms with Crippen molar-refractivity contribution in [3.8, 4) is 79.0 Å². The van der Waals surface area contributed by atoms with Crippen molar-refractivity contribution in [2.75, 3.05) is 0 Å². The van der Waals surface area contributed by atoms with E-state index < -0.39 is 0 Å². The van der Waals surface area contributed by atoms with Crippen LogP contribution in [0.2, 0.25) is 0 Å². The number of fused-ring (bicyclic) bond motifs is 3. The van der Waals surface area contributed by atoms with Crippen molar-refractivity contribution >= 4 is 27.4 Å². The van der Waals surface area contributed by atoms with Gasteiger partial charge in [-0.2, -0.15) is 5.26 Å². The Hall–Kier alpha value is -8.46. The van der Waals surface area contributed by atoms with Crippen LogP contribution >= 0.6 is 0 Å². The van der Waals surface area contributed by atoms with Crippen molar-refractivity contribution in [2.24, 2.45) is 5.92 Å². The Balaban J connectivity index is 1.19. The van der Waals surface area contributed by atoms with Crippen molar-refractivity contribution < 1.29 is 0 Å². The van der Waals surface area contributed by atoms with E-state index in [9.17, 15) is 5.26 Å². The number of nitriles is 1. The van der Waals surface area contributed by atoms with Crippen LogP contribution in [0.1, 0.15) is 24.7 Å². The van der Waals surface area contributed by atoms with Gasteiger partial charge in [-0.15, -0.1) is 0 Å². The fourth-order valence-electron chi connectivity index (χ4n) is 9.07. The Kier molecular flexibility index (Phi) is 9.88. The normalized spacial score (nSPS) is 13.5. The van der Waals surface area contributed by atoms with Gasteiger partial charge in [0.05, 0.1) is 28.4 Å². The van der Waals surface area contributed by atoms with Crippen LogP contribution in [-0.2, 0) is 0 Å². The lowest BCUT2D eigenvalue weighted by molar-refractivity contribution is 0.747. The lowest BCUT2D eigenvalue weighted by Gasteiger charge is -2.21. The van der Waals surface area contributed by atoms with Gasteiger partial charge in [-0.3, -0.25) is 0 Å². The van der Waals surface area contributed by atoms with Crippen molar-refractivity contribution in [3.63, 3.8) is 0 Å². The molecule has 2 heterocycles. The second-order valence-corrected chi connectivity index (χ2v) is 16.4. The molecule has 1 aliphatic rings. The molecule has 0 spiro atoms. The van der Waals surface area contributed by atoms with Gasteiger partial charge < -0.3 is 4.57 Å². The van der Waals surface area contributed by atoms with Crippen molar-refractivity contribution in [1.82, 2.24) is 19.5 Å². The number of aromatic nitrogens is 4. The first kappa shape index (κ1) is 38.5. The number of hydrogen-bond acceptors (Lipinski definition) is 4. The molecule has 0 aliphatic heterocycles. The maximum absolute atomic E-state index is 10.1. The molecule has 2 aromatic heterocycles. The molecular formula is C59H41N5. The lowest BCUT2D eigenvalue weighted by Crippen LogP contribution is -2.09. The minimum absolute atomic E-state index is 0.245. The van der Waals surface area contributed by atoms with Gasteiger partial charge in [0.15, 0.2) is 17.5 Å². The molecule has 1 aliphatic carbocycles. The summed E-state index contributed by atoms with van der Waals surface area (Å²) in [5, 5.41) is 12.2. The van der Waals surface area contributed by atoms with Gasteiger partial charge in [0.1, 0.15) is 0 Å². The first-order chi connectivity index (χ1) is 31.6. The topological polar surface area (TPSA) is 67.4 Å². The van der Waals surface area contributed by atoms with Gasteiger partial charge in [-0.05, 0) is 88.2 Å². The molecule has 0 fully saturated rings. The average Bonchev–Trinajstić information content (AvgIpc) is 3.69. The zero-order valence-corrected chi connectivity index (χ0v) is 35.2. The summed E-state index contributed by atoms with van der Waals surface area (Å²) in [6.07, 6.45) is 7.37. The SMILES string of the molecule is CC1CC=CC=C1c1nc(-c2ccc(-c3ccccc3)cc2)nc(-c2cc(-c3ccccc3)c(-n3c4ccc(C#N)cc4c4cc(-c5ccccc5)ccc43)c(-c3ccccc3)c2)n1. The van der Waals surface area contributed by atoms with Crippen LogP contribution in [0, 0.1) is 17.2 Å². The Morgan fingerprint density at radius 1 is 0.469 bits per heavy atom. The standard InChI is InChI=1S/C59H41N5/c1-39-16-14-15-25-49(39)59-62-57(46-29-27-43(28-30-46)41-17-6-2-7-18-41)61-58(63-59)48-36-50(44-21-10-4-11-22-44)56(51(37-48)45-23-12-5-13-24-45)64-54-32-26-40(38-60)34-52(54)53-35-47(31-33-55(53)64)42-19-8-3-9-20-42/h2-15,17-37,39H,16H2,1H3. The molecule has 1 unspecified atom stereocenters. The highest BCUT2D eigenvalue weighted by Gasteiger charge is 2.25. The van der Waals surface area contributed by atoms with Crippen LogP contribution in [0.4, 0.5) is 0 Å². The molecule has 0 saturated heterocycles. The molecule has 8 aromatic carbocycles. The first-order valence-electron chi connectivity index (χ1n) is 21.7. The summed E-state index contributed by atoms with van der Waals surface area (Å²) in [4.78, 5) is 15.8. The number of hydrogen-bond donors (Lipinski definition) is 0. The summed E-state index contributed by atoms with van der Waals surface area (Å²) < 4.78 is 2.38. The molecule has 10 aromatic rings. The largest absolute Gasteiger partial charge is 0.308 e. The zero-order chi connectivity index (χ0) is 43.0. The van der Waals surface area contributed by atoms with Crippen LogP contribution in [0.15, 0.2) is 212 Å². The second kappa shape index (κ2) is 16.4. The quantitative estimate of drug-likeness (QED) is 0.153. The maximum atomic E-state index is 10.1. The van der Waals surface area contributed by atoms with Crippen LogP contribution in [0.3, 0.4) is 0 Å². The molecular weight excluding hydrogens is 779 g/mol. The highest BCUT2D eigenvalue weighted by atomic mass is 15.0. The second-order valence-electron chi connectivity index (χ2n) is 16.4. The lowest BCUT2D eigenvalue weighted by atomic mass is 9.91. The van der Waals surface area contributed by atoms with Crippen molar-refractivity contribution in [1.29, 1.82) is 5.26 Å². The van der Waals surface area contributed by atoms with E-state index in [1.165, 1.54) is 0 Å². The summed E-state index contributed by atoms with van der Waals surface area (Å²) in [5.41, 5.74) is 15.3. The Morgan fingerprint density at radius 2 is 0.938 bits per heavy atom. The molecule has 5 heteroatoms. The van der Waals surface area contributed by atoms with Gasteiger partial charge in [-0.1, -0.05) is 177 Å². The third-order valence-electron chi connectivity index (χ3n) is 12.3. The van der Waals surface area contributed by atoms with Gasteiger partial charge in [0.2, 0.25) is 0 Å². The van der Waals surface area contributed by atoms with Crippen molar-refractivity contribution in [3.05, 3.63) is 224 Å². The zero-order valence-electron chi connectivity index (χ0n) is 35.2. The molecule has 0 N–H and O–H groups in total. The van der Waals surface area contributed by atoms with E-state index in [1.807, 2.05) is 24.3 Å². The van der Waals surface area contributed by atoms with Crippen LogP contribution in [-0.4, -0.2) is 19.5 Å². The molecule has 0 bridgehead atoms. The predicted molar refractivity (Wildman–Crippen MR) is 262 cm³/mol. The number of rotatable bonds is 8. The van der Waals surface area contributed by atoms with E-state index in [1.54, 1.807) is 0 Å². The summed E-state index contributed by atoms with van der Waals surface area (Å²) in [5.74, 6) is 2.15. The van der Waals surface area contributed by atoms with E-state index in [-0.39, 0.29) is 5.92 Å². The third kappa shape index (κ3) is 7.07. The molecule has 0 amide bonds. The smallest absolute Gasteiger partial charge is 0.164 e. The van der Waals surface area contributed by atoms with E-state index in [4.69, 9.17) is 15.0 Å². The average molecular weight is 820 g/mol. The van der Waals surface area contributed by atoms with E-state index >= 15 is 0 Å². The van der Waals surface area contributed by atoms with E-state index in [0.29, 0.717) is 23.0 Å². The summed E-state index contributed by atoms with van der Waals surface area (Å²) >= 11 is 0. The summed E-state index contributed by atoms with van der Waals surface area (Å²) in [7, 11) is 0. The molecule has 64 heavy (non-hydrogen) atoms. The van der Waals surface area contributed by atoms with Gasteiger partial charge in [0, 0.05) is 38.6 Å². The molecule has 0 saturated carbocycles. The van der Waals surface area contributed by atoms with Crippen LogP contribution < -0.4 is 0 Å². The van der Waals surface area contributed by atoms with Crippen LogP contribution in [0.5, 0.6) is 0 Å². The highest BCUT2D eigenvalue weighted by molar-refractivity contribution is 6.12. The predicted octanol–water partition coefficient (Wildman–Crippen LogP) is 14.8. The van der Waals surface area contributed by atoms with E-state index in [2.05, 4.69) is 206 Å². The Bertz CT molecular complexity index is 3390. The summed E-state index contributed by atoms with van der Waals surface area (Å²) in [6, 6.07) is 70.2. The minimum Gasteiger partial charge on any atom is -0.308 e. The minimum atomic E-state index is 0.245. The molecule has 5 nitrogen and oxygen atoms in total. The summed E-state index contributed by atoms with van der Waals surface area (Å²) in [6.45, 7) is 2.23. The maximum Gasteiger partial charge on any atom is 0.164 e. The molecule has 0 radical (unpaired) electrons. The molecule has 1 atom stereocenters. The fourth-order valence-corrected chi connectivity index (χ4v) is 9.07. The molecule has 11 rings (SSSR count). The van der Waals surface area contributed by atoms with E-state index in [0.717, 1.165) is 95.1 Å². The first-order valence-corrected chi connectivity index (χ1v) is 21.7. The Labute approximate surface area is 372 Å². The monoisotopic (exact) mass is 819 g/mol. The van der Waals surface area contributed by atoms with Crippen molar-refractivity contribution in [2.45, 2.75) is 13.3 Å². The Morgan fingerprint density at radius 3 is 1.52 bits per heavy atom. The number of allylic oxidation sites excluding steroid dienone is 4. The fraction of sp³-hybridized carbons (Fsp3) is 0.0508. The highest BCUT2D eigenvalue weighted by Crippen LogP contribution is 2.45. The van der Waals surface area contributed by atoms with Gasteiger partial charge in [-0.25, -0.2) is 15.0 Å². The van der Waals surface area contributed by atoms with Crippen LogP contribution in [0.25, 0.3) is 100 Å². The number of benzene rings is 8. The number of nitrogens with zero attached hydrogens (tertiary/aromatic N) is 5. The third-order valence-corrected chi connectivity index (χ3v) is 12.3.